The lowest BCUT2D eigenvalue weighted by Gasteiger charge is -2.18. The molecule has 5 nitrogen and oxygen atoms in total. The first-order valence-corrected chi connectivity index (χ1v) is 12.0. The van der Waals surface area contributed by atoms with Gasteiger partial charge in [-0.1, -0.05) is 98.8 Å². The number of benzene rings is 2. The van der Waals surface area contributed by atoms with Crippen LogP contribution in [0.5, 0.6) is 0 Å². The van der Waals surface area contributed by atoms with E-state index in [9.17, 15) is 9.59 Å². The Morgan fingerprint density at radius 3 is 2.00 bits per heavy atom. The van der Waals surface area contributed by atoms with Gasteiger partial charge in [-0.3, -0.25) is 0 Å². The first kappa shape index (κ1) is 26.2. The topological polar surface area (TPSA) is 64.6 Å². The molecule has 0 aliphatic heterocycles. The van der Waals surface area contributed by atoms with E-state index in [1.807, 2.05) is 66.7 Å². The minimum Gasteiger partial charge on any atom is -0.464 e. The number of amides is 1. The van der Waals surface area contributed by atoms with Gasteiger partial charge in [0.1, 0.15) is 12.6 Å². The van der Waals surface area contributed by atoms with Crippen molar-refractivity contribution in [2.45, 2.75) is 70.4 Å². The van der Waals surface area contributed by atoms with Gasteiger partial charge in [-0.25, -0.2) is 9.59 Å². The first-order valence-electron chi connectivity index (χ1n) is 12.0. The third kappa shape index (κ3) is 11.9. The van der Waals surface area contributed by atoms with E-state index in [2.05, 4.69) is 11.9 Å². The van der Waals surface area contributed by atoms with Crippen LogP contribution in [0.4, 0.5) is 4.79 Å². The fourth-order valence-electron chi connectivity index (χ4n) is 3.50. The van der Waals surface area contributed by atoms with E-state index in [-0.39, 0.29) is 6.61 Å². The minimum absolute atomic E-state index is 0.146. The van der Waals surface area contributed by atoms with E-state index < -0.39 is 18.1 Å². The highest BCUT2D eigenvalue weighted by Gasteiger charge is 2.23. The zero-order valence-corrected chi connectivity index (χ0v) is 19.5. The normalized spacial score (nSPS) is 11.4. The van der Waals surface area contributed by atoms with Crippen molar-refractivity contribution in [1.82, 2.24) is 5.32 Å². The second-order valence-electron chi connectivity index (χ2n) is 8.17. The van der Waals surface area contributed by atoms with Crippen molar-refractivity contribution < 1.29 is 19.1 Å². The number of ether oxygens (including phenoxy) is 2. The summed E-state index contributed by atoms with van der Waals surface area (Å²) in [6, 6.07) is 18.2. The molecule has 33 heavy (non-hydrogen) atoms. The SMILES string of the molecule is C=CCCCCCCCCCOC(=O)C(Cc1ccccc1)NC(=O)OCc1ccccc1. The maximum Gasteiger partial charge on any atom is 0.408 e. The Labute approximate surface area is 198 Å². The summed E-state index contributed by atoms with van der Waals surface area (Å²) in [6.45, 7) is 4.25. The van der Waals surface area contributed by atoms with Gasteiger partial charge in [0.15, 0.2) is 0 Å². The lowest BCUT2D eigenvalue weighted by atomic mass is 10.1. The Bertz CT molecular complexity index is 807. The zero-order valence-electron chi connectivity index (χ0n) is 19.5. The standard InChI is InChI=1S/C28H37NO4/c1-2-3-4-5-6-7-8-9-16-21-32-27(30)26(22-24-17-12-10-13-18-24)29-28(31)33-23-25-19-14-11-15-20-25/h2,10-15,17-20,26H,1,3-9,16,21-23H2,(H,29,31). The van der Waals surface area contributed by atoms with E-state index in [1.165, 1.54) is 25.7 Å². The van der Waals surface area contributed by atoms with E-state index >= 15 is 0 Å². The molecule has 0 aliphatic carbocycles. The molecule has 2 aromatic rings. The quantitative estimate of drug-likeness (QED) is 0.183. The Hall–Kier alpha value is -3.08. The van der Waals surface area contributed by atoms with Crippen molar-refractivity contribution in [3.05, 3.63) is 84.4 Å². The molecular formula is C28H37NO4. The van der Waals surface area contributed by atoms with Crippen LogP contribution < -0.4 is 5.32 Å². The van der Waals surface area contributed by atoms with Gasteiger partial charge in [-0.05, 0) is 30.4 Å². The fourth-order valence-corrected chi connectivity index (χ4v) is 3.50. The summed E-state index contributed by atoms with van der Waals surface area (Å²) in [5, 5.41) is 2.68. The van der Waals surface area contributed by atoms with Crippen molar-refractivity contribution in [2.75, 3.05) is 6.61 Å². The number of carbonyl (C=O) groups excluding carboxylic acids is 2. The van der Waals surface area contributed by atoms with E-state index in [4.69, 9.17) is 9.47 Å². The maximum absolute atomic E-state index is 12.7. The summed E-state index contributed by atoms with van der Waals surface area (Å²) >= 11 is 0. The van der Waals surface area contributed by atoms with Crippen LogP contribution in [-0.4, -0.2) is 24.7 Å². The molecule has 1 unspecified atom stereocenters. The van der Waals surface area contributed by atoms with Crippen LogP contribution in [0.15, 0.2) is 73.3 Å². The van der Waals surface area contributed by atoms with Crippen LogP contribution in [0.1, 0.15) is 62.5 Å². The van der Waals surface area contributed by atoms with Crippen LogP contribution in [0.3, 0.4) is 0 Å². The van der Waals surface area contributed by atoms with E-state index in [0.717, 1.165) is 36.8 Å². The molecule has 0 radical (unpaired) electrons. The van der Waals surface area contributed by atoms with Crippen molar-refractivity contribution in [3.63, 3.8) is 0 Å². The molecule has 0 fully saturated rings. The maximum atomic E-state index is 12.7. The molecule has 178 valence electrons. The number of nitrogens with one attached hydrogen (secondary N) is 1. The molecule has 1 atom stereocenters. The van der Waals surface area contributed by atoms with Crippen molar-refractivity contribution in [3.8, 4) is 0 Å². The molecule has 0 saturated carbocycles. The molecule has 2 aromatic carbocycles. The van der Waals surface area contributed by atoms with Crippen molar-refractivity contribution >= 4 is 12.1 Å². The van der Waals surface area contributed by atoms with Gasteiger partial charge in [-0.2, -0.15) is 0 Å². The van der Waals surface area contributed by atoms with Crippen LogP contribution in [0.25, 0.3) is 0 Å². The van der Waals surface area contributed by atoms with Crippen molar-refractivity contribution in [1.29, 1.82) is 0 Å². The number of carbonyl (C=O) groups is 2. The first-order chi connectivity index (χ1) is 16.2. The number of hydrogen-bond donors (Lipinski definition) is 1. The summed E-state index contributed by atoms with van der Waals surface area (Å²) in [5.74, 6) is -0.431. The third-order valence-electron chi connectivity index (χ3n) is 5.37. The monoisotopic (exact) mass is 451 g/mol. The van der Waals surface area contributed by atoms with Crippen LogP contribution in [0.2, 0.25) is 0 Å². The lowest BCUT2D eigenvalue weighted by molar-refractivity contribution is -0.146. The Morgan fingerprint density at radius 1 is 0.788 bits per heavy atom. The molecule has 0 aromatic heterocycles. The number of alkyl carbamates (subject to hydrolysis) is 1. The summed E-state index contributed by atoms with van der Waals surface area (Å²) in [7, 11) is 0. The average Bonchev–Trinajstić information content (AvgIpc) is 2.84. The number of allylic oxidation sites excluding steroid dienone is 1. The third-order valence-corrected chi connectivity index (χ3v) is 5.37. The molecule has 0 bridgehead atoms. The summed E-state index contributed by atoms with van der Waals surface area (Å²) in [6.07, 6.45) is 10.7. The highest BCUT2D eigenvalue weighted by molar-refractivity contribution is 5.81. The van der Waals surface area contributed by atoms with E-state index in [0.29, 0.717) is 13.0 Å². The summed E-state index contributed by atoms with van der Waals surface area (Å²) in [4.78, 5) is 25.0. The molecule has 2 rings (SSSR count). The highest BCUT2D eigenvalue weighted by Crippen LogP contribution is 2.10. The van der Waals surface area contributed by atoms with Gasteiger partial charge in [-0.15, -0.1) is 6.58 Å². The summed E-state index contributed by atoms with van der Waals surface area (Å²) in [5.41, 5.74) is 1.83. The Balaban J connectivity index is 1.74. The fraction of sp³-hybridized carbons (Fsp3) is 0.429. The summed E-state index contributed by atoms with van der Waals surface area (Å²) < 4.78 is 10.8. The number of rotatable bonds is 16. The second-order valence-corrected chi connectivity index (χ2v) is 8.17. The number of unbranched alkanes of at least 4 members (excludes halogenated alkanes) is 7. The highest BCUT2D eigenvalue weighted by atomic mass is 16.6. The molecule has 0 saturated heterocycles. The smallest absolute Gasteiger partial charge is 0.408 e. The Kier molecular flexibility index (Phi) is 13.1. The van der Waals surface area contributed by atoms with Gasteiger partial charge >= 0.3 is 12.1 Å². The van der Waals surface area contributed by atoms with Gasteiger partial charge in [0.2, 0.25) is 0 Å². The molecular weight excluding hydrogens is 414 g/mol. The lowest BCUT2D eigenvalue weighted by Crippen LogP contribution is -2.43. The molecule has 0 spiro atoms. The van der Waals surface area contributed by atoms with Gasteiger partial charge in [0.05, 0.1) is 6.61 Å². The van der Waals surface area contributed by atoms with Gasteiger partial charge in [0.25, 0.3) is 0 Å². The molecule has 0 heterocycles. The molecule has 5 heteroatoms. The van der Waals surface area contributed by atoms with Gasteiger partial charge in [0, 0.05) is 6.42 Å². The average molecular weight is 452 g/mol. The van der Waals surface area contributed by atoms with Crippen LogP contribution >= 0.6 is 0 Å². The predicted molar refractivity (Wildman–Crippen MR) is 132 cm³/mol. The van der Waals surface area contributed by atoms with E-state index in [1.54, 1.807) is 0 Å². The van der Waals surface area contributed by atoms with Crippen molar-refractivity contribution in [2.24, 2.45) is 0 Å². The van der Waals surface area contributed by atoms with Gasteiger partial charge < -0.3 is 14.8 Å². The minimum atomic E-state index is -0.791. The largest absolute Gasteiger partial charge is 0.464 e. The van der Waals surface area contributed by atoms with Crippen LogP contribution in [-0.2, 0) is 27.3 Å². The molecule has 1 amide bonds. The molecule has 0 aliphatic rings. The zero-order chi connectivity index (χ0) is 23.6. The Morgan fingerprint density at radius 2 is 1.36 bits per heavy atom. The van der Waals surface area contributed by atoms with Crippen LogP contribution in [0, 0.1) is 0 Å². The second kappa shape index (κ2) is 16.5. The number of esters is 1. The molecule has 1 N–H and O–H groups in total. The predicted octanol–water partition coefficient (Wildman–Crippen LogP) is 6.37. The number of hydrogen-bond acceptors (Lipinski definition) is 4.